The molecule has 0 spiro atoms. The average molecular weight is 285 g/mol. The van der Waals surface area contributed by atoms with Crippen molar-refractivity contribution in [3.63, 3.8) is 0 Å². The van der Waals surface area contributed by atoms with E-state index in [9.17, 15) is 24.5 Å². The first-order valence-corrected chi connectivity index (χ1v) is 5.28. The Hall–Kier alpha value is -2.98. The predicted octanol–water partition coefficient (Wildman–Crippen LogP) is -1.76. The Morgan fingerprint density at radius 2 is 2.20 bits per heavy atom. The van der Waals surface area contributed by atoms with Gasteiger partial charge in [-0.1, -0.05) is 0 Å². The zero-order valence-electron chi connectivity index (χ0n) is 10.1. The number of hydrogen-bond acceptors (Lipinski definition) is 6. The quantitative estimate of drug-likeness (QED) is 0.393. The zero-order valence-corrected chi connectivity index (χ0v) is 10.1. The molecule has 11 nitrogen and oxygen atoms in total. The van der Waals surface area contributed by atoms with Crippen LogP contribution >= 0.6 is 0 Å². The van der Waals surface area contributed by atoms with Gasteiger partial charge < -0.3 is 26.3 Å². The molecular weight excluding hydrogens is 274 g/mol. The summed E-state index contributed by atoms with van der Waals surface area (Å²) in [6.07, 6.45) is 0.641. The maximum atomic E-state index is 11.5. The number of primary amides is 1. The van der Waals surface area contributed by atoms with Crippen LogP contribution in [0.1, 0.15) is 6.42 Å². The van der Waals surface area contributed by atoms with E-state index in [1.807, 2.05) is 0 Å². The van der Waals surface area contributed by atoms with Crippen molar-refractivity contribution in [1.29, 1.82) is 0 Å². The first-order valence-electron chi connectivity index (χ1n) is 5.28. The summed E-state index contributed by atoms with van der Waals surface area (Å²) in [5, 5.41) is 24.7. The van der Waals surface area contributed by atoms with Gasteiger partial charge in [0, 0.05) is 0 Å². The van der Waals surface area contributed by atoms with Gasteiger partial charge in [-0.15, -0.1) is 0 Å². The third-order valence-corrected chi connectivity index (χ3v) is 2.16. The molecule has 2 amide bonds. The highest BCUT2D eigenvalue weighted by atomic mass is 16.6. The molecule has 20 heavy (non-hydrogen) atoms. The van der Waals surface area contributed by atoms with Crippen molar-refractivity contribution >= 4 is 23.6 Å². The summed E-state index contributed by atoms with van der Waals surface area (Å²) in [7, 11) is 0. The number of hydrogen-bond donors (Lipinski definition) is 3. The van der Waals surface area contributed by atoms with Gasteiger partial charge in [-0.3, -0.25) is 9.59 Å². The number of aliphatic carboxylic acids is 1. The lowest BCUT2D eigenvalue weighted by Gasteiger charge is -2.11. The maximum Gasteiger partial charge on any atom is 0.389 e. The highest BCUT2D eigenvalue weighted by Gasteiger charge is 2.23. The van der Waals surface area contributed by atoms with Crippen LogP contribution in [0.15, 0.2) is 12.3 Å². The molecule has 0 fully saturated rings. The molecule has 1 unspecified atom stereocenters. The van der Waals surface area contributed by atoms with Gasteiger partial charge in [0.25, 0.3) is 0 Å². The average Bonchev–Trinajstić information content (AvgIpc) is 2.75. The van der Waals surface area contributed by atoms with Gasteiger partial charge in [0.2, 0.25) is 11.8 Å². The summed E-state index contributed by atoms with van der Waals surface area (Å²) in [6, 6.07) is -0.365. The number of aromatic nitrogens is 2. The molecule has 1 atom stereocenters. The fourth-order valence-electron chi connectivity index (χ4n) is 1.32. The maximum absolute atomic E-state index is 11.5. The number of carbonyl (C=O) groups is 3. The van der Waals surface area contributed by atoms with Gasteiger partial charge in [0.1, 0.15) is 12.6 Å². The molecule has 0 bridgehead atoms. The Balaban J connectivity index is 2.62. The second kappa shape index (κ2) is 6.26. The standard InChI is InChI=1S/C9H11N5O6/c10-6(15)3-5(9(17)18)11-8(16)4-13-2-1-7(12-13)14(19)20/h1-2,5H,3-4H2,(H2,10,15)(H,11,16)(H,17,18). The van der Waals surface area contributed by atoms with E-state index in [-0.39, 0.29) is 0 Å². The van der Waals surface area contributed by atoms with Crippen LogP contribution in [-0.4, -0.2) is 43.6 Å². The number of nitrogens with zero attached hydrogens (tertiary/aromatic N) is 3. The van der Waals surface area contributed by atoms with Crippen molar-refractivity contribution in [3.8, 4) is 0 Å². The number of rotatable bonds is 7. The molecule has 1 aromatic heterocycles. The minimum atomic E-state index is -1.45. The fourth-order valence-corrected chi connectivity index (χ4v) is 1.32. The molecule has 0 aliphatic carbocycles. The lowest BCUT2D eigenvalue weighted by atomic mass is 10.2. The topological polar surface area (TPSA) is 170 Å². The highest BCUT2D eigenvalue weighted by Crippen LogP contribution is 2.04. The Bertz CT molecular complexity index is 553. The minimum Gasteiger partial charge on any atom is -0.480 e. The SMILES string of the molecule is NC(=O)CC(NC(=O)Cn1ccc([N+](=O)[O-])n1)C(=O)O. The molecule has 11 heteroatoms. The Kier molecular flexibility index (Phi) is 4.72. The molecule has 0 saturated heterocycles. The summed E-state index contributed by atoms with van der Waals surface area (Å²) < 4.78 is 0.969. The smallest absolute Gasteiger partial charge is 0.389 e. The third kappa shape index (κ3) is 4.36. The summed E-state index contributed by atoms with van der Waals surface area (Å²) in [5.41, 5.74) is 4.85. The third-order valence-electron chi connectivity index (χ3n) is 2.16. The molecule has 108 valence electrons. The Morgan fingerprint density at radius 3 is 2.65 bits per heavy atom. The molecule has 0 radical (unpaired) electrons. The molecule has 1 heterocycles. The monoisotopic (exact) mass is 285 g/mol. The van der Waals surface area contributed by atoms with Crippen molar-refractivity contribution in [3.05, 3.63) is 22.4 Å². The second-order valence-corrected chi connectivity index (χ2v) is 3.76. The van der Waals surface area contributed by atoms with Crippen molar-refractivity contribution in [2.45, 2.75) is 19.0 Å². The molecule has 0 aliphatic heterocycles. The van der Waals surface area contributed by atoms with Crippen LogP contribution in [0.4, 0.5) is 5.82 Å². The lowest BCUT2D eigenvalue weighted by Crippen LogP contribution is -2.44. The largest absolute Gasteiger partial charge is 0.480 e. The molecule has 0 aromatic carbocycles. The van der Waals surface area contributed by atoms with Gasteiger partial charge in [-0.25, -0.2) is 4.79 Å². The number of nitrogens with two attached hydrogens (primary N) is 1. The van der Waals surface area contributed by atoms with Gasteiger partial charge in [0.15, 0.2) is 0 Å². The summed E-state index contributed by atoms with van der Waals surface area (Å²) >= 11 is 0. The van der Waals surface area contributed by atoms with Crippen LogP contribution in [0.25, 0.3) is 0 Å². The van der Waals surface area contributed by atoms with Gasteiger partial charge in [-0.05, 0) is 4.92 Å². The number of amides is 2. The van der Waals surface area contributed by atoms with E-state index in [0.717, 1.165) is 10.7 Å². The van der Waals surface area contributed by atoms with Crippen LogP contribution in [0, 0.1) is 10.1 Å². The molecule has 4 N–H and O–H groups in total. The summed E-state index contributed by atoms with van der Waals surface area (Å²) in [6.45, 7) is -0.420. The normalized spacial score (nSPS) is 11.6. The molecule has 1 rings (SSSR count). The molecule has 0 aliphatic rings. The first kappa shape index (κ1) is 15.1. The second-order valence-electron chi connectivity index (χ2n) is 3.76. The minimum absolute atomic E-state index is 0.420. The molecule has 0 saturated carbocycles. The first-order chi connectivity index (χ1) is 9.29. The number of carboxylic acids is 1. The lowest BCUT2D eigenvalue weighted by molar-refractivity contribution is -0.389. The van der Waals surface area contributed by atoms with Crippen LogP contribution in [0.2, 0.25) is 0 Å². The van der Waals surface area contributed by atoms with Crippen LogP contribution < -0.4 is 11.1 Å². The van der Waals surface area contributed by atoms with E-state index in [1.54, 1.807) is 0 Å². The van der Waals surface area contributed by atoms with E-state index in [0.29, 0.717) is 0 Å². The number of carbonyl (C=O) groups excluding carboxylic acids is 2. The molecule has 1 aromatic rings. The van der Waals surface area contributed by atoms with E-state index < -0.39 is 47.5 Å². The van der Waals surface area contributed by atoms with Gasteiger partial charge in [-0.2, -0.15) is 4.68 Å². The van der Waals surface area contributed by atoms with E-state index in [1.165, 1.54) is 6.20 Å². The number of nitrogens with one attached hydrogen (secondary N) is 1. The Labute approximate surface area is 111 Å². The van der Waals surface area contributed by atoms with E-state index in [4.69, 9.17) is 10.8 Å². The molecular formula is C9H11N5O6. The predicted molar refractivity (Wildman–Crippen MR) is 62.3 cm³/mol. The van der Waals surface area contributed by atoms with Crippen molar-refractivity contribution in [1.82, 2.24) is 15.1 Å². The summed E-state index contributed by atoms with van der Waals surface area (Å²) in [4.78, 5) is 42.6. The van der Waals surface area contributed by atoms with Crippen LogP contribution in [0.5, 0.6) is 0 Å². The van der Waals surface area contributed by atoms with Crippen molar-refractivity contribution in [2.24, 2.45) is 5.73 Å². The van der Waals surface area contributed by atoms with Crippen LogP contribution in [-0.2, 0) is 20.9 Å². The zero-order chi connectivity index (χ0) is 15.3. The van der Waals surface area contributed by atoms with E-state index >= 15 is 0 Å². The van der Waals surface area contributed by atoms with Gasteiger partial charge in [0.05, 0.1) is 23.8 Å². The van der Waals surface area contributed by atoms with Crippen molar-refractivity contribution in [2.75, 3.05) is 0 Å². The highest BCUT2D eigenvalue weighted by molar-refractivity contribution is 5.88. The number of nitro groups is 1. The number of carboxylic acid groups (broad SMARTS) is 1. The Morgan fingerprint density at radius 1 is 1.55 bits per heavy atom. The van der Waals surface area contributed by atoms with Gasteiger partial charge >= 0.3 is 11.8 Å². The van der Waals surface area contributed by atoms with Crippen LogP contribution in [0.3, 0.4) is 0 Å². The van der Waals surface area contributed by atoms with E-state index in [2.05, 4.69) is 10.4 Å². The summed E-state index contributed by atoms with van der Waals surface area (Å²) in [5.74, 6) is -3.50. The fraction of sp³-hybridized carbons (Fsp3) is 0.333. The van der Waals surface area contributed by atoms with Crippen molar-refractivity contribution < 1.29 is 24.4 Å².